The van der Waals surface area contributed by atoms with E-state index in [0.717, 1.165) is 6.42 Å². The Morgan fingerprint density at radius 3 is 2.19 bits per heavy atom. The number of hydrogen-bond acceptors (Lipinski definition) is 2. The zero-order valence-electron chi connectivity index (χ0n) is 14.7. The minimum Gasteiger partial charge on any atom is -0.466 e. The van der Waals surface area contributed by atoms with E-state index in [-0.39, 0.29) is 5.97 Å². The summed E-state index contributed by atoms with van der Waals surface area (Å²) in [6.45, 7) is 0. The number of methoxy groups -OCH3 is 1. The molecule has 3 heteroatoms. The van der Waals surface area contributed by atoms with Gasteiger partial charge < -0.3 is 4.74 Å². The fourth-order valence-corrected chi connectivity index (χ4v) is 5.17. The summed E-state index contributed by atoms with van der Waals surface area (Å²) in [5.41, 5.74) is 1.18. The van der Waals surface area contributed by atoms with Crippen LogP contribution in [0.25, 0.3) is 0 Å². The lowest BCUT2D eigenvalue weighted by molar-refractivity contribution is -0.134. The maximum Gasteiger partial charge on any atom is 0.330 e. The Labute approximate surface area is 156 Å². The average Bonchev–Trinajstić information content (AvgIpc) is 2.70. The number of ether oxygens (including phenoxy) is 1. The lowest BCUT2D eigenvalue weighted by Crippen LogP contribution is -2.13. The van der Waals surface area contributed by atoms with Crippen molar-refractivity contribution in [3.8, 4) is 0 Å². The zero-order chi connectivity index (χ0) is 18.2. The van der Waals surface area contributed by atoms with Crippen molar-refractivity contribution in [1.82, 2.24) is 0 Å². The lowest BCUT2D eigenvalue weighted by atomic mass is 10.1. The van der Waals surface area contributed by atoms with Gasteiger partial charge in [-0.1, -0.05) is 91.0 Å². The summed E-state index contributed by atoms with van der Waals surface area (Å²) in [6, 6.07) is 21.3. The first-order chi connectivity index (χ1) is 12.8. The monoisotopic (exact) mass is 360 g/mol. The lowest BCUT2D eigenvalue weighted by Gasteiger charge is -2.22. The molecule has 0 aliphatic heterocycles. The molecule has 0 saturated carbocycles. The van der Waals surface area contributed by atoms with E-state index >= 15 is 0 Å². The normalized spacial score (nSPS) is 15.5. The van der Waals surface area contributed by atoms with Crippen LogP contribution < -0.4 is 10.6 Å². The van der Waals surface area contributed by atoms with Gasteiger partial charge in [0.2, 0.25) is 0 Å². The van der Waals surface area contributed by atoms with Crippen LogP contribution in [-0.4, -0.2) is 13.1 Å². The highest BCUT2D eigenvalue weighted by Crippen LogP contribution is 2.45. The van der Waals surface area contributed by atoms with Crippen LogP contribution in [0.1, 0.15) is 6.42 Å². The van der Waals surface area contributed by atoms with Crippen LogP contribution in [0, 0.1) is 0 Å². The van der Waals surface area contributed by atoms with Crippen molar-refractivity contribution in [3.63, 3.8) is 0 Å². The summed E-state index contributed by atoms with van der Waals surface area (Å²) in [4.78, 5) is 11.2. The molecular weight excluding hydrogens is 339 g/mol. The molecule has 0 heterocycles. The topological polar surface area (TPSA) is 26.3 Å². The molecule has 0 N–H and O–H groups in total. The Hall–Kier alpha value is -2.70. The van der Waals surface area contributed by atoms with Crippen molar-refractivity contribution in [2.45, 2.75) is 6.42 Å². The van der Waals surface area contributed by atoms with Crippen LogP contribution in [-0.2, 0) is 9.53 Å². The number of rotatable bonds is 5. The van der Waals surface area contributed by atoms with E-state index in [0.29, 0.717) is 0 Å². The number of benzene rings is 2. The first kappa shape index (κ1) is 18.1. The molecule has 3 rings (SSSR count). The van der Waals surface area contributed by atoms with E-state index < -0.39 is 7.92 Å². The van der Waals surface area contributed by atoms with Gasteiger partial charge in [-0.15, -0.1) is 0 Å². The highest BCUT2D eigenvalue weighted by Gasteiger charge is 2.18. The second-order valence-corrected chi connectivity index (χ2v) is 8.03. The van der Waals surface area contributed by atoms with Gasteiger partial charge in [0, 0.05) is 6.08 Å². The molecule has 130 valence electrons. The number of hydrogen-bond donors (Lipinski definition) is 0. The maximum atomic E-state index is 11.2. The third-order valence-corrected chi connectivity index (χ3v) is 6.43. The van der Waals surface area contributed by atoms with Crippen LogP contribution in [0.3, 0.4) is 0 Å². The van der Waals surface area contributed by atoms with Gasteiger partial charge in [-0.25, -0.2) is 4.79 Å². The van der Waals surface area contributed by atoms with Crippen molar-refractivity contribution in [3.05, 3.63) is 108 Å². The zero-order valence-corrected chi connectivity index (χ0v) is 15.6. The van der Waals surface area contributed by atoms with Gasteiger partial charge in [0.25, 0.3) is 0 Å². The van der Waals surface area contributed by atoms with Gasteiger partial charge in [0.1, 0.15) is 0 Å². The number of carbonyl (C=O) groups excluding carboxylic acids is 1. The molecule has 0 spiro atoms. The average molecular weight is 360 g/mol. The molecule has 1 aliphatic rings. The summed E-state index contributed by atoms with van der Waals surface area (Å²) in [5.74, 6) is -0.340. The van der Waals surface area contributed by atoms with Crippen molar-refractivity contribution in [1.29, 1.82) is 0 Å². The summed E-state index contributed by atoms with van der Waals surface area (Å²) >= 11 is 0. The molecule has 0 amide bonds. The molecule has 2 nitrogen and oxygen atoms in total. The smallest absolute Gasteiger partial charge is 0.330 e. The second-order valence-electron chi connectivity index (χ2n) is 5.81. The molecule has 0 bridgehead atoms. The summed E-state index contributed by atoms with van der Waals surface area (Å²) < 4.78 is 4.63. The molecule has 26 heavy (non-hydrogen) atoms. The number of carbonyl (C=O) groups is 1. The molecule has 0 atom stereocenters. The van der Waals surface area contributed by atoms with Crippen molar-refractivity contribution < 1.29 is 9.53 Å². The highest BCUT2D eigenvalue weighted by molar-refractivity contribution is 7.77. The molecular formula is C23H21O2P. The van der Waals surface area contributed by atoms with Gasteiger partial charge in [0.15, 0.2) is 0 Å². The maximum absolute atomic E-state index is 11.2. The van der Waals surface area contributed by atoms with E-state index in [2.05, 4.69) is 83.6 Å². The Kier molecular flexibility index (Phi) is 6.35. The van der Waals surface area contributed by atoms with Gasteiger partial charge in [-0.2, -0.15) is 0 Å². The predicted octanol–water partition coefficient (Wildman–Crippen LogP) is 4.62. The molecule has 1 aliphatic carbocycles. The summed E-state index contributed by atoms with van der Waals surface area (Å²) in [6.07, 6.45) is 12.7. The predicted molar refractivity (Wildman–Crippen MR) is 110 cm³/mol. The summed E-state index contributed by atoms with van der Waals surface area (Å²) in [5, 5.41) is 3.97. The van der Waals surface area contributed by atoms with Gasteiger partial charge in [-0.3, -0.25) is 0 Å². The number of esters is 1. The van der Waals surface area contributed by atoms with Crippen LogP contribution in [0.4, 0.5) is 0 Å². The third kappa shape index (κ3) is 4.68. The van der Waals surface area contributed by atoms with Crippen molar-refractivity contribution in [2.75, 3.05) is 7.11 Å². The third-order valence-electron chi connectivity index (χ3n) is 4.01. The molecule has 0 radical (unpaired) electrons. The van der Waals surface area contributed by atoms with Gasteiger partial charge >= 0.3 is 5.97 Å². The van der Waals surface area contributed by atoms with E-state index in [1.54, 1.807) is 6.08 Å². The Bertz CT molecular complexity index is 822. The second kappa shape index (κ2) is 9.12. The van der Waals surface area contributed by atoms with Crippen LogP contribution in [0.15, 0.2) is 108 Å². The van der Waals surface area contributed by atoms with Crippen molar-refractivity contribution >= 4 is 24.5 Å². The van der Waals surface area contributed by atoms with E-state index in [9.17, 15) is 4.79 Å². The van der Waals surface area contributed by atoms with Crippen LogP contribution in [0.2, 0.25) is 0 Å². The standard InChI is InChI=1S/C23H21O2P/c1-25-23(24)17-9-11-19-10-8-16-22(18-19)26(20-12-4-2-5-13-20)21-14-6-3-7-15-21/h2-9,11-18H,10H2,1H3. The van der Waals surface area contributed by atoms with Gasteiger partial charge in [-0.05, 0) is 35.8 Å². The molecule has 2 aromatic carbocycles. The van der Waals surface area contributed by atoms with Gasteiger partial charge in [0.05, 0.1) is 7.11 Å². The fourth-order valence-electron chi connectivity index (χ4n) is 2.79. The molecule has 2 aromatic rings. The largest absolute Gasteiger partial charge is 0.466 e. The molecule has 0 unspecified atom stereocenters. The van der Waals surface area contributed by atoms with E-state index in [1.807, 2.05) is 6.08 Å². The summed E-state index contributed by atoms with van der Waals surface area (Å²) in [7, 11) is 0.775. The van der Waals surface area contributed by atoms with Crippen molar-refractivity contribution in [2.24, 2.45) is 0 Å². The molecule has 0 saturated heterocycles. The minimum absolute atomic E-state index is 0.340. The van der Waals surface area contributed by atoms with Crippen LogP contribution in [0.5, 0.6) is 0 Å². The first-order valence-electron chi connectivity index (χ1n) is 8.51. The highest BCUT2D eigenvalue weighted by atomic mass is 31.1. The van der Waals surface area contributed by atoms with Crippen LogP contribution >= 0.6 is 7.92 Å². The van der Waals surface area contributed by atoms with E-state index in [1.165, 1.54) is 34.7 Å². The Morgan fingerprint density at radius 2 is 1.62 bits per heavy atom. The molecule has 0 aromatic heterocycles. The Balaban J connectivity index is 1.96. The SMILES string of the molecule is COC(=O)C=CC=C1C=C(P(c2ccccc2)c2ccccc2)C=CC1. The first-order valence-corrected chi connectivity index (χ1v) is 9.86. The Morgan fingerprint density at radius 1 is 1.00 bits per heavy atom. The number of allylic oxidation sites excluding steroid dienone is 7. The van der Waals surface area contributed by atoms with E-state index in [4.69, 9.17) is 0 Å². The minimum atomic E-state index is -0.608. The molecule has 0 fully saturated rings. The fraction of sp³-hybridized carbons (Fsp3) is 0.0870. The quantitative estimate of drug-likeness (QED) is 0.442.